The number of para-hydroxylation sites is 1. The van der Waals surface area contributed by atoms with Gasteiger partial charge in [0.25, 0.3) is 0 Å². The Bertz CT molecular complexity index is 667. The summed E-state index contributed by atoms with van der Waals surface area (Å²) < 4.78 is 5.97. The van der Waals surface area contributed by atoms with Crippen LogP contribution < -0.4 is 14.9 Å². The molecule has 0 amide bonds. The van der Waals surface area contributed by atoms with Crippen molar-refractivity contribution in [2.45, 2.75) is 116 Å². The van der Waals surface area contributed by atoms with Gasteiger partial charge in [-0.05, 0) is 53.3 Å². The summed E-state index contributed by atoms with van der Waals surface area (Å²) in [6.45, 7) is 12.7. The van der Waals surface area contributed by atoms with Crippen LogP contribution in [0.15, 0.2) is 24.3 Å². The fourth-order valence-corrected chi connectivity index (χ4v) is 13.0. The zero-order valence-electron chi connectivity index (χ0n) is 22.0. The fourth-order valence-electron chi connectivity index (χ4n) is 7.30. The summed E-state index contributed by atoms with van der Waals surface area (Å²) in [5, 5.41) is 1.50. The van der Waals surface area contributed by atoms with E-state index >= 15 is 0 Å². The van der Waals surface area contributed by atoms with Crippen LogP contribution in [0.2, 0.25) is 12.1 Å². The van der Waals surface area contributed by atoms with E-state index in [0.29, 0.717) is 6.04 Å². The molecule has 2 saturated carbocycles. The van der Waals surface area contributed by atoms with Crippen molar-refractivity contribution in [2.75, 3.05) is 7.11 Å². The lowest BCUT2D eigenvalue weighted by atomic mass is 9.92. The highest BCUT2D eigenvalue weighted by molar-refractivity contribution is 6.90. The van der Waals surface area contributed by atoms with Crippen molar-refractivity contribution in [3.8, 4) is 5.75 Å². The zero-order valence-corrected chi connectivity index (χ0v) is 23.0. The van der Waals surface area contributed by atoms with E-state index in [1.54, 1.807) is 0 Å². The highest BCUT2D eigenvalue weighted by Gasteiger charge is 2.53. The second-order valence-corrected chi connectivity index (χ2v) is 15.4. The van der Waals surface area contributed by atoms with Crippen LogP contribution in [0.4, 0.5) is 0 Å². The van der Waals surface area contributed by atoms with Crippen LogP contribution in [0.3, 0.4) is 0 Å². The van der Waals surface area contributed by atoms with E-state index in [-0.39, 0.29) is 0 Å². The average molecular weight is 458 g/mol. The molecule has 1 N–H and O–H groups in total. The third-order valence-electron chi connectivity index (χ3n) is 9.56. The van der Waals surface area contributed by atoms with Gasteiger partial charge < -0.3 is 9.72 Å². The molecule has 0 saturated heterocycles. The fraction of sp³-hybridized carbons (Fsp3) is 0.793. The normalized spacial score (nSPS) is 33.1. The minimum atomic E-state index is -2.02. The molecule has 3 rings (SSSR count). The summed E-state index contributed by atoms with van der Waals surface area (Å²) in [7, 11) is -0.163. The molecule has 32 heavy (non-hydrogen) atoms. The van der Waals surface area contributed by atoms with Crippen LogP contribution >= 0.6 is 0 Å². The molecule has 0 aromatic heterocycles. The Morgan fingerprint density at radius 1 is 0.719 bits per heavy atom. The lowest BCUT2D eigenvalue weighted by Crippen LogP contribution is -2.65. The summed E-state index contributed by atoms with van der Waals surface area (Å²) in [6, 6.07) is 9.62. The lowest BCUT2D eigenvalue weighted by Gasteiger charge is -2.43. The van der Waals surface area contributed by atoms with Crippen LogP contribution in [0.25, 0.3) is 0 Å². The maximum atomic E-state index is 5.97. The van der Waals surface area contributed by atoms with E-state index in [4.69, 9.17) is 4.74 Å². The highest BCUT2D eigenvalue weighted by atomic mass is 28.3. The van der Waals surface area contributed by atoms with Gasteiger partial charge in [0, 0.05) is 6.04 Å². The van der Waals surface area contributed by atoms with Crippen LogP contribution in [-0.4, -0.2) is 21.4 Å². The van der Waals surface area contributed by atoms with Gasteiger partial charge in [-0.15, -0.1) is 0 Å². The third-order valence-corrected chi connectivity index (χ3v) is 14.5. The molecule has 0 aliphatic heterocycles. The second-order valence-electron chi connectivity index (χ2n) is 11.5. The number of benzene rings is 1. The number of methoxy groups -OCH3 is 1. The molecule has 0 spiro atoms. The monoisotopic (exact) mass is 457 g/mol. The van der Waals surface area contributed by atoms with Crippen molar-refractivity contribution in [1.82, 2.24) is 4.98 Å². The Hall–Kier alpha value is -0.803. The van der Waals surface area contributed by atoms with Crippen molar-refractivity contribution in [3.05, 3.63) is 24.3 Å². The van der Waals surface area contributed by atoms with E-state index in [2.05, 4.69) is 63.5 Å². The largest absolute Gasteiger partial charge is 0.497 e. The van der Waals surface area contributed by atoms with E-state index in [1.165, 1.54) is 75.8 Å². The molecule has 2 aliphatic carbocycles. The molecule has 0 radical (unpaired) electrons. The first-order valence-corrected chi connectivity index (χ1v) is 16.4. The van der Waals surface area contributed by atoms with E-state index in [9.17, 15) is 0 Å². The number of nitrogens with one attached hydrogen (secondary N) is 1. The van der Waals surface area contributed by atoms with Gasteiger partial charge in [-0.3, -0.25) is 0 Å². The molecule has 5 atom stereocenters. The van der Waals surface area contributed by atoms with E-state index < -0.39 is 8.24 Å². The molecule has 2 nitrogen and oxygen atoms in total. The van der Waals surface area contributed by atoms with Gasteiger partial charge in [-0.25, -0.2) is 0 Å². The molecule has 0 heterocycles. The molecule has 4 unspecified atom stereocenters. The molecule has 2 fully saturated rings. The van der Waals surface area contributed by atoms with Crippen LogP contribution in [0, 0.1) is 23.7 Å². The summed E-state index contributed by atoms with van der Waals surface area (Å²) in [5.74, 6) is 4.18. The first-order chi connectivity index (χ1) is 15.4. The van der Waals surface area contributed by atoms with E-state index in [0.717, 1.165) is 35.0 Å². The summed E-state index contributed by atoms with van der Waals surface area (Å²) in [4.78, 5) is 4.48. The summed E-state index contributed by atoms with van der Waals surface area (Å²) in [6.07, 6.45) is 15.5. The topological polar surface area (TPSA) is 21.3 Å². The number of hydrogen-bond donors (Lipinski definition) is 1. The molecule has 3 heteroatoms. The van der Waals surface area contributed by atoms with Crippen molar-refractivity contribution in [1.29, 1.82) is 0 Å². The quantitative estimate of drug-likeness (QED) is 0.458. The van der Waals surface area contributed by atoms with Crippen LogP contribution in [0.5, 0.6) is 5.75 Å². The molecule has 1 aromatic rings. The van der Waals surface area contributed by atoms with Gasteiger partial charge >= 0.3 is 0 Å². The number of ether oxygens (including phenoxy) is 1. The van der Waals surface area contributed by atoms with Crippen molar-refractivity contribution >= 4 is 13.4 Å². The van der Waals surface area contributed by atoms with Crippen molar-refractivity contribution in [3.63, 3.8) is 0 Å². The Morgan fingerprint density at radius 2 is 1.19 bits per heavy atom. The van der Waals surface area contributed by atoms with Crippen molar-refractivity contribution in [2.24, 2.45) is 23.7 Å². The minimum Gasteiger partial charge on any atom is -0.497 e. The Morgan fingerprint density at radius 3 is 1.69 bits per heavy atom. The standard InChI is InChI=1S/C29H51NOSi/c1-22-23(2)25(4)29(24(22)3)32(6,28-21-17-16-20-27(28)31-5)30-26-18-14-12-10-8-7-9-11-13-15-19-26/h16-17,20-26,29-30H,7-15,18-19H2,1-6H3/t22?,23?,24?,25?,29?,32-/m0/s1. The lowest BCUT2D eigenvalue weighted by molar-refractivity contribution is 0.352. The van der Waals surface area contributed by atoms with Gasteiger partial charge in [0.2, 0.25) is 0 Å². The molecule has 0 bridgehead atoms. The maximum absolute atomic E-state index is 5.97. The Kier molecular flexibility index (Phi) is 9.73. The van der Waals surface area contributed by atoms with Gasteiger partial charge in [-0.2, -0.15) is 0 Å². The predicted octanol–water partition coefficient (Wildman–Crippen LogP) is 7.67. The molecular weight excluding hydrogens is 406 g/mol. The SMILES string of the molecule is COc1ccccc1[Si@](C)(NC1CCCCCCCCCCC1)C1C(C)C(C)C(C)C1C. The first kappa shape index (κ1) is 25.8. The van der Waals surface area contributed by atoms with Gasteiger partial charge in [0.15, 0.2) is 8.24 Å². The maximum Gasteiger partial charge on any atom is 0.163 e. The van der Waals surface area contributed by atoms with Gasteiger partial charge in [0.1, 0.15) is 5.75 Å². The second kappa shape index (κ2) is 12.1. The smallest absolute Gasteiger partial charge is 0.163 e. The zero-order chi connectivity index (χ0) is 23.1. The van der Waals surface area contributed by atoms with Gasteiger partial charge in [0.05, 0.1) is 7.11 Å². The molecule has 1 aromatic carbocycles. The molecular formula is C29H51NOSi. The van der Waals surface area contributed by atoms with Crippen LogP contribution in [-0.2, 0) is 0 Å². The average Bonchev–Trinajstić information content (AvgIpc) is 2.98. The highest BCUT2D eigenvalue weighted by Crippen LogP contribution is 2.53. The summed E-state index contributed by atoms with van der Waals surface area (Å²) >= 11 is 0. The van der Waals surface area contributed by atoms with E-state index in [1.807, 2.05) is 7.11 Å². The third kappa shape index (κ3) is 5.81. The molecule has 182 valence electrons. The minimum absolute atomic E-state index is 0.654. The van der Waals surface area contributed by atoms with Crippen LogP contribution in [0.1, 0.15) is 98.3 Å². The molecule has 2 aliphatic rings. The Labute approximate surface area is 200 Å². The summed E-state index contributed by atoms with van der Waals surface area (Å²) in [5.41, 5.74) is 0.741. The number of hydrogen-bond acceptors (Lipinski definition) is 2. The number of rotatable bonds is 5. The van der Waals surface area contributed by atoms with Crippen molar-refractivity contribution < 1.29 is 4.74 Å². The Balaban J connectivity index is 1.92. The predicted molar refractivity (Wildman–Crippen MR) is 142 cm³/mol. The first-order valence-electron chi connectivity index (χ1n) is 13.8. The van der Waals surface area contributed by atoms with Gasteiger partial charge in [-0.1, -0.05) is 110 Å².